The molecule has 0 saturated heterocycles. The van der Waals surface area contributed by atoms with Gasteiger partial charge < -0.3 is 10.9 Å². The fourth-order valence-corrected chi connectivity index (χ4v) is 1.86. The van der Waals surface area contributed by atoms with E-state index in [1.165, 1.54) is 0 Å². The molecule has 0 aliphatic heterocycles. The summed E-state index contributed by atoms with van der Waals surface area (Å²) in [6, 6.07) is 0. The Morgan fingerprint density at radius 1 is 1.47 bits per heavy atom. The fourth-order valence-electron chi connectivity index (χ4n) is 1.01. The Bertz CT molecular complexity index is 352. The number of hydrogen-bond donors (Lipinski definition) is 1. The van der Waals surface area contributed by atoms with Crippen LogP contribution in [0.5, 0.6) is 0 Å². The molecule has 1 atom stereocenters. The molecule has 102 valence electrons. The predicted molar refractivity (Wildman–Crippen MR) is 65.4 cm³/mol. The first-order chi connectivity index (χ1) is 7.28. The molecular weight excluding hydrogens is 246 g/mol. The molecule has 0 saturated carbocycles. The largest absolute Gasteiger partial charge is 0.456 e. The molecule has 0 spiro atoms. The number of rotatable bonds is 7. The number of hydrogen-bond acceptors (Lipinski definition) is 6. The Kier molecular flexibility index (Phi) is 8.04. The highest BCUT2D eigenvalue weighted by molar-refractivity contribution is 7.86. The molecule has 6 nitrogen and oxygen atoms in total. The zero-order chi connectivity index (χ0) is 12.8. The maximum absolute atomic E-state index is 11.1. The summed E-state index contributed by atoms with van der Waals surface area (Å²) in [4.78, 5) is 11.1. The van der Waals surface area contributed by atoms with Crippen molar-refractivity contribution in [3.05, 3.63) is 12.7 Å². The SMILES string of the molecule is C=CC(=O)OC(C)(CC)CCS(=O)(=O)OC.N. The van der Waals surface area contributed by atoms with E-state index >= 15 is 0 Å². The van der Waals surface area contributed by atoms with Crippen LogP contribution in [0.4, 0.5) is 0 Å². The van der Waals surface area contributed by atoms with Crippen molar-refractivity contribution in [3.63, 3.8) is 0 Å². The van der Waals surface area contributed by atoms with E-state index in [1.807, 2.05) is 6.92 Å². The predicted octanol–water partition coefficient (Wildman–Crippen LogP) is 1.41. The summed E-state index contributed by atoms with van der Waals surface area (Å²) in [6.45, 7) is 6.78. The molecule has 3 N–H and O–H groups in total. The first kappa shape index (κ1) is 18.4. The molecule has 0 bridgehead atoms. The lowest BCUT2D eigenvalue weighted by Gasteiger charge is -2.27. The van der Waals surface area contributed by atoms with Crippen LogP contribution in [0.3, 0.4) is 0 Å². The molecule has 17 heavy (non-hydrogen) atoms. The smallest absolute Gasteiger partial charge is 0.330 e. The van der Waals surface area contributed by atoms with E-state index in [0.29, 0.717) is 6.42 Å². The summed E-state index contributed by atoms with van der Waals surface area (Å²) in [7, 11) is -2.42. The van der Waals surface area contributed by atoms with Crippen LogP contribution in [-0.4, -0.2) is 32.9 Å². The van der Waals surface area contributed by atoms with E-state index in [1.54, 1.807) is 6.92 Å². The van der Waals surface area contributed by atoms with Gasteiger partial charge in [0.2, 0.25) is 0 Å². The van der Waals surface area contributed by atoms with E-state index in [4.69, 9.17) is 4.74 Å². The average Bonchev–Trinajstić information content (AvgIpc) is 2.26. The molecule has 0 aliphatic carbocycles. The van der Waals surface area contributed by atoms with Crippen molar-refractivity contribution in [2.75, 3.05) is 12.9 Å². The van der Waals surface area contributed by atoms with Crippen molar-refractivity contribution in [3.8, 4) is 0 Å². The number of carbonyl (C=O) groups is 1. The van der Waals surface area contributed by atoms with Crippen molar-refractivity contribution < 1.29 is 22.1 Å². The zero-order valence-corrected chi connectivity index (χ0v) is 11.4. The van der Waals surface area contributed by atoms with Gasteiger partial charge in [-0.2, -0.15) is 8.42 Å². The Hall–Kier alpha value is -0.920. The number of carbonyl (C=O) groups excluding carboxylic acids is 1. The Labute approximate surface area is 103 Å². The van der Waals surface area contributed by atoms with E-state index in [2.05, 4.69) is 10.8 Å². The standard InChI is InChI=1S/C10H18O5S.H3N/c1-5-9(11)15-10(3,6-2)7-8-16(12,13)14-4;/h5H,1,6-8H2,2-4H3;1H3. The van der Waals surface area contributed by atoms with Gasteiger partial charge in [-0.15, -0.1) is 0 Å². The van der Waals surface area contributed by atoms with E-state index < -0.39 is 21.7 Å². The highest BCUT2D eigenvalue weighted by atomic mass is 32.2. The normalized spacial score (nSPS) is 14.3. The van der Waals surface area contributed by atoms with Crippen molar-refractivity contribution in [1.82, 2.24) is 6.15 Å². The van der Waals surface area contributed by atoms with Crippen LogP contribution >= 0.6 is 0 Å². The van der Waals surface area contributed by atoms with Crippen LogP contribution in [0.15, 0.2) is 12.7 Å². The minimum Gasteiger partial charge on any atom is -0.456 e. The third-order valence-corrected chi connectivity index (χ3v) is 3.61. The van der Waals surface area contributed by atoms with Gasteiger partial charge in [-0.05, 0) is 13.3 Å². The molecule has 0 aromatic heterocycles. The van der Waals surface area contributed by atoms with Crippen molar-refractivity contribution in [2.45, 2.75) is 32.3 Å². The van der Waals surface area contributed by atoms with Crippen LogP contribution < -0.4 is 6.15 Å². The van der Waals surface area contributed by atoms with Crippen LogP contribution in [-0.2, 0) is 23.8 Å². The van der Waals surface area contributed by atoms with Gasteiger partial charge in [0.05, 0.1) is 12.9 Å². The molecule has 0 aromatic carbocycles. The molecule has 7 heteroatoms. The summed E-state index contributed by atoms with van der Waals surface area (Å²) in [6.07, 6.45) is 1.77. The minimum absolute atomic E-state index is 0. The molecule has 0 aliphatic rings. The van der Waals surface area contributed by atoms with Crippen molar-refractivity contribution >= 4 is 16.1 Å². The maximum atomic E-state index is 11.1. The second-order valence-electron chi connectivity index (χ2n) is 3.61. The summed E-state index contributed by atoms with van der Waals surface area (Å²) in [5.74, 6) is -0.739. The van der Waals surface area contributed by atoms with E-state index in [0.717, 1.165) is 13.2 Å². The van der Waals surface area contributed by atoms with Crippen molar-refractivity contribution in [2.24, 2.45) is 0 Å². The quantitative estimate of drug-likeness (QED) is 0.425. The fraction of sp³-hybridized carbons (Fsp3) is 0.700. The lowest BCUT2D eigenvalue weighted by atomic mass is 10.0. The summed E-state index contributed by atoms with van der Waals surface area (Å²) < 4.78 is 31.7. The van der Waals surface area contributed by atoms with Crippen LogP contribution in [0.2, 0.25) is 0 Å². The molecule has 0 fully saturated rings. The van der Waals surface area contributed by atoms with Gasteiger partial charge in [0.1, 0.15) is 5.60 Å². The molecule has 0 radical (unpaired) electrons. The van der Waals surface area contributed by atoms with E-state index in [-0.39, 0.29) is 18.3 Å². The summed E-state index contributed by atoms with van der Waals surface area (Å²) >= 11 is 0. The third-order valence-electron chi connectivity index (χ3n) is 2.40. The summed E-state index contributed by atoms with van der Waals surface area (Å²) in [5.41, 5.74) is -0.809. The number of esters is 1. The molecule has 1 unspecified atom stereocenters. The third kappa shape index (κ3) is 7.09. The highest BCUT2D eigenvalue weighted by Crippen LogP contribution is 2.21. The monoisotopic (exact) mass is 267 g/mol. The molecule has 0 rings (SSSR count). The van der Waals surface area contributed by atoms with Gasteiger partial charge >= 0.3 is 5.97 Å². The molecular formula is C10H21NO5S. The zero-order valence-electron chi connectivity index (χ0n) is 10.6. The Balaban J connectivity index is 0. The highest BCUT2D eigenvalue weighted by Gasteiger charge is 2.28. The Morgan fingerprint density at radius 3 is 2.35 bits per heavy atom. The van der Waals surface area contributed by atoms with Gasteiger partial charge in [-0.3, -0.25) is 4.18 Å². The molecule has 0 heterocycles. The van der Waals surface area contributed by atoms with Crippen molar-refractivity contribution in [1.29, 1.82) is 0 Å². The van der Waals surface area contributed by atoms with Crippen LogP contribution in [0.1, 0.15) is 26.7 Å². The summed E-state index contributed by atoms with van der Waals surface area (Å²) in [5, 5.41) is 0. The molecule has 0 aromatic rings. The maximum Gasteiger partial charge on any atom is 0.330 e. The first-order valence-corrected chi connectivity index (χ1v) is 6.50. The topological polar surface area (TPSA) is 105 Å². The molecule has 0 amide bonds. The lowest BCUT2D eigenvalue weighted by Crippen LogP contribution is -2.33. The first-order valence-electron chi connectivity index (χ1n) is 4.92. The second kappa shape index (κ2) is 7.41. The lowest BCUT2D eigenvalue weighted by molar-refractivity contribution is -0.152. The van der Waals surface area contributed by atoms with Gasteiger partial charge in [0.15, 0.2) is 0 Å². The number of ether oxygens (including phenoxy) is 1. The van der Waals surface area contributed by atoms with Gasteiger partial charge in [0, 0.05) is 12.5 Å². The van der Waals surface area contributed by atoms with Gasteiger partial charge in [-0.25, -0.2) is 4.79 Å². The van der Waals surface area contributed by atoms with Gasteiger partial charge in [-0.1, -0.05) is 13.5 Å². The van der Waals surface area contributed by atoms with Gasteiger partial charge in [0.25, 0.3) is 10.1 Å². The second-order valence-corrected chi connectivity index (χ2v) is 5.46. The minimum atomic E-state index is -3.52. The van der Waals surface area contributed by atoms with Crippen LogP contribution in [0.25, 0.3) is 0 Å². The van der Waals surface area contributed by atoms with Crippen LogP contribution in [0, 0.1) is 0 Å². The average molecular weight is 267 g/mol. The van der Waals surface area contributed by atoms with E-state index in [9.17, 15) is 13.2 Å². The Morgan fingerprint density at radius 2 is 2.00 bits per heavy atom.